The molecular weight excluding hydrogens is 260 g/mol. The van der Waals surface area contributed by atoms with E-state index < -0.39 is 6.10 Å². The van der Waals surface area contributed by atoms with E-state index in [1.54, 1.807) is 0 Å². The van der Waals surface area contributed by atoms with Gasteiger partial charge < -0.3 is 9.84 Å². The van der Waals surface area contributed by atoms with E-state index in [1.165, 1.54) is 5.56 Å². The van der Waals surface area contributed by atoms with E-state index >= 15 is 0 Å². The van der Waals surface area contributed by atoms with Gasteiger partial charge in [-0.2, -0.15) is 0 Å². The zero-order chi connectivity index (χ0) is 15.2. The first kappa shape index (κ1) is 15.6. The summed E-state index contributed by atoms with van der Waals surface area (Å²) in [6.07, 6.45) is -0.101. The molecule has 2 aromatic rings. The fourth-order valence-corrected chi connectivity index (χ4v) is 2.36. The summed E-state index contributed by atoms with van der Waals surface area (Å²) in [4.78, 5) is 0. The fourth-order valence-electron chi connectivity index (χ4n) is 2.36. The summed E-state index contributed by atoms with van der Waals surface area (Å²) in [7, 11) is 0. The van der Waals surface area contributed by atoms with Crippen LogP contribution in [-0.4, -0.2) is 11.2 Å². The van der Waals surface area contributed by atoms with Gasteiger partial charge in [0.1, 0.15) is 18.0 Å². The van der Waals surface area contributed by atoms with E-state index in [-0.39, 0.29) is 6.10 Å². The van der Waals surface area contributed by atoms with Gasteiger partial charge in [-0.15, -0.1) is 0 Å². The molecule has 2 nitrogen and oxygen atoms in total. The molecule has 2 unspecified atom stereocenters. The lowest BCUT2D eigenvalue weighted by molar-refractivity contribution is 0.0331. The van der Waals surface area contributed by atoms with Crippen LogP contribution >= 0.6 is 0 Å². The highest BCUT2D eigenvalue weighted by molar-refractivity contribution is 5.31. The largest absolute Gasteiger partial charge is 0.487 e. The predicted octanol–water partition coefficient (Wildman–Crippen LogP) is 4.70. The lowest BCUT2D eigenvalue weighted by Crippen LogP contribution is -2.24. The van der Waals surface area contributed by atoms with E-state index in [1.807, 2.05) is 49.4 Å². The Bertz CT molecular complexity index is 549. The van der Waals surface area contributed by atoms with Crippen LogP contribution in [0.15, 0.2) is 54.6 Å². The third-order valence-corrected chi connectivity index (χ3v) is 3.71. The zero-order valence-electron chi connectivity index (χ0n) is 13.0. The van der Waals surface area contributed by atoms with Crippen molar-refractivity contribution >= 4 is 0 Å². The molecule has 2 rings (SSSR count). The second-order valence-corrected chi connectivity index (χ2v) is 5.65. The number of ether oxygens (including phenoxy) is 1. The van der Waals surface area contributed by atoms with Crippen LogP contribution in [0, 0.1) is 0 Å². The summed E-state index contributed by atoms with van der Waals surface area (Å²) in [6, 6.07) is 17.8. The van der Waals surface area contributed by atoms with Gasteiger partial charge >= 0.3 is 0 Å². The maximum Gasteiger partial charge on any atom is 0.128 e. The molecule has 2 heteroatoms. The summed E-state index contributed by atoms with van der Waals surface area (Å²) < 4.78 is 6.02. The standard InChI is InChI=1S/C19H24O2/c1-4-18(19(20)15-9-6-5-7-10-15)21-17-12-8-11-16(13-17)14(2)3/h5-14,18-20H,4H2,1-3H3. The maximum absolute atomic E-state index is 10.5. The number of benzene rings is 2. The lowest BCUT2D eigenvalue weighted by atomic mass is 10.0. The van der Waals surface area contributed by atoms with Crippen molar-refractivity contribution in [3.05, 3.63) is 65.7 Å². The van der Waals surface area contributed by atoms with Crippen LogP contribution in [-0.2, 0) is 0 Å². The quantitative estimate of drug-likeness (QED) is 0.833. The Morgan fingerprint density at radius 1 is 0.952 bits per heavy atom. The molecule has 21 heavy (non-hydrogen) atoms. The minimum atomic E-state index is -0.612. The third-order valence-electron chi connectivity index (χ3n) is 3.71. The Morgan fingerprint density at radius 3 is 2.24 bits per heavy atom. The van der Waals surface area contributed by atoms with Crippen LogP contribution in [0.4, 0.5) is 0 Å². The highest BCUT2D eigenvalue weighted by Crippen LogP contribution is 2.26. The Hall–Kier alpha value is -1.80. The van der Waals surface area contributed by atoms with Crippen LogP contribution in [0.2, 0.25) is 0 Å². The van der Waals surface area contributed by atoms with Gasteiger partial charge in [-0.3, -0.25) is 0 Å². The third kappa shape index (κ3) is 4.08. The first-order chi connectivity index (χ1) is 10.1. The number of aliphatic hydroxyl groups excluding tert-OH is 1. The smallest absolute Gasteiger partial charge is 0.128 e. The molecule has 0 aliphatic carbocycles. The second-order valence-electron chi connectivity index (χ2n) is 5.65. The van der Waals surface area contributed by atoms with E-state index in [4.69, 9.17) is 4.74 Å². The summed E-state index contributed by atoms with van der Waals surface area (Å²) in [5.41, 5.74) is 2.14. The van der Waals surface area contributed by atoms with E-state index in [9.17, 15) is 5.11 Å². The molecule has 0 aliphatic rings. The SMILES string of the molecule is CCC(Oc1cccc(C(C)C)c1)C(O)c1ccccc1. The van der Waals surface area contributed by atoms with E-state index in [0.29, 0.717) is 5.92 Å². The molecule has 0 aromatic heterocycles. The molecule has 0 fully saturated rings. The molecule has 0 aliphatic heterocycles. The maximum atomic E-state index is 10.5. The number of rotatable bonds is 6. The van der Waals surface area contributed by atoms with E-state index in [2.05, 4.69) is 26.0 Å². The molecule has 0 radical (unpaired) electrons. The van der Waals surface area contributed by atoms with Crippen LogP contribution in [0.3, 0.4) is 0 Å². The van der Waals surface area contributed by atoms with Crippen molar-refractivity contribution in [2.75, 3.05) is 0 Å². The molecule has 0 bridgehead atoms. The van der Waals surface area contributed by atoms with Crippen LogP contribution in [0.25, 0.3) is 0 Å². The van der Waals surface area contributed by atoms with Gasteiger partial charge in [0.25, 0.3) is 0 Å². The zero-order valence-corrected chi connectivity index (χ0v) is 13.0. The fraction of sp³-hybridized carbons (Fsp3) is 0.368. The minimum Gasteiger partial charge on any atom is -0.487 e. The molecule has 0 heterocycles. The normalized spacial score (nSPS) is 14.0. The van der Waals surface area contributed by atoms with Crippen molar-refractivity contribution in [1.82, 2.24) is 0 Å². The van der Waals surface area contributed by atoms with Crippen molar-refractivity contribution in [2.24, 2.45) is 0 Å². The summed E-state index contributed by atoms with van der Waals surface area (Å²) in [6.45, 7) is 6.35. The van der Waals surface area contributed by atoms with Gasteiger partial charge in [-0.25, -0.2) is 0 Å². The lowest BCUT2D eigenvalue weighted by Gasteiger charge is -2.24. The Kier molecular flexibility index (Phi) is 5.40. The number of hydrogen-bond donors (Lipinski definition) is 1. The monoisotopic (exact) mass is 284 g/mol. The van der Waals surface area contributed by atoms with Gasteiger partial charge in [-0.1, -0.05) is 63.2 Å². The Balaban J connectivity index is 2.14. The molecule has 2 aromatic carbocycles. The summed E-state index contributed by atoms with van der Waals surface area (Å²) in [5.74, 6) is 1.29. The van der Waals surface area contributed by atoms with Crippen LogP contribution in [0.1, 0.15) is 50.3 Å². The molecule has 1 N–H and O–H groups in total. The molecule has 0 amide bonds. The highest BCUT2D eigenvalue weighted by Gasteiger charge is 2.21. The minimum absolute atomic E-state index is 0.241. The van der Waals surface area contributed by atoms with Crippen LogP contribution in [0.5, 0.6) is 5.75 Å². The predicted molar refractivity (Wildman–Crippen MR) is 86.6 cm³/mol. The highest BCUT2D eigenvalue weighted by atomic mass is 16.5. The molecule has 0 saturated carbocycles. The molecule has 0 spiro atoms. The molecular formula is C19H24O2. The van der Waals surface area contributed by atoms with Gasteiger partial charge in [0.2, 0.25) is 0 Å². The van der Waals surface area contributed by atoms with Crippen molar-refractivity contribution in [2.45, 2.75) is 45.3 Å². The molecule has 2 atom stereocenters. The second kappa shape index (κ2) is 7.28. The molecule has 112 valence electrons. The first-order valence-electron chi connectivity index (χ1n) is 7.61. The van der Waals surface area contributed by atoms with Gasteiger partial charge in [-0.05, 0) is 35.6 Å². The van der Waals surface area contributed by atoms with Gasteiger partial charge in [0, 0.05) is 0 Å². The van der Waals surface area contributed by atoms with Crippen LogP contribution < -0.4 is 4.74 Å². The van der Waals surface area contributed by atoms with Crippen molar-refractivity contribution in [3.63, 3.8) is 0 Å². The van der Waals surface area contributed by atoms with E-state index in [0.717, 1.165) is 17.7 Å². The summed E-state index contributed by atoms with van der Waals surface area (Å²) in [5, 5.41) is 10.5. The number of hydrogen-bond acceptors (Lipinski definition) is 2. The average molecular weight is 284 g/mol. The number of aliphatic hydroxyl groups is 1. The Labute approximate surface area is 127 Å². The molecule has 0 saturated heterocycles. The topological polar surface area (TPSA) is 29.5 Å². The van der Waals surface area contributed by atoms with Crippen molar-refractivity contribution in [1.29, 1.82) is 0 Å². The van der Waals surface area contributed by atoms with Gasteiger partial charge in [0.05, 0.1) is 0 Å². The van der Waals surface area contributed by atoms with Gasteiger partial charge in [0.15, 0.2) is 0 Å². The Morgan fingerprint density at radius 2 is 1.62 bits per heavy atom. The summed E-state index contributed by atoms with van der Waals surface area (Å²) >= 11 is 0. The average Bonchev–Trinajstić information content (AvgIpc) is 2.53. The first-order valence-corrected chi connectivity index (χ1v) is 7.61. The van der Waals surface area contributed by atoms with Crippen molar-refractivity contribution < 1.29 is 9.84 Å². The van der Waals surface area contributed by atoms with Crippen molar-refractivity contribution in [3.8, 4) is 5.75 Å².